The topological polar surface area (TPSA) is 30.5 Å². The van der Waals surface area contributed by atoms with Crippen molar-refractivity contribution < 1.29 is 9.47 Å². The number of hydrogen-bond donors (Lipinski definition) is 1. The SMILES string of the molecule is CCCC1CC(Nc2cc(Br)cc(OC)c2)CCO1. The maximum absolute atomic E-state index is 5.78. The molecule has 1 aromatic rings. The highest BCUT2D eigenvalue weighted by molar-refractivity contribution is 9.10. The van der Waals surface area contributed by atoms with Crippen molar-refractivity contribution in [1.82, 2.24) is 0 Å². The first-order chi connectivity index (χ1) is 9.21. The lowest BCUT2D eigenvalue weighted by Gasteiger charge is -2.30. The molecule has 1 aromatic carbocycles. The molecule has 2 atom stereocenters. The lowest BCUT2D eigenvalue weighted by Crippen LogP contribution is -2.33. The highest BCUT2D eigenvalue weighted by Gasteiger charge is 2.21. The summed E-state index contributed by atoms with van der Waals surface area (Å²) in [5.74, 6) is 0.869. The normalized spacial score (nSPS) is 23.1. The third-order valence-electron chi connectivity index (χ3n) is 3.46. The lowest BCUT2D eigenvalue weighted by molar-refractivity contribution is 0.00598. The van der Waals surface area contributed by atoms with Crippen molar-refractivity contribution in [3.8, 4) is 5.75 Å². The molecule has 4 heteroatoms. The highest BCUT2D eigenvalue weighted by Crippen LogP contribution is 2.27. The van der Waals surface area contributed by atoms with Gasteiger partial charge in [-0.15, -0.1) is 0 Å². The summed E-state index contributed by atoms with van der Waals surface area (Å²) >= 11 is 3.51. The zero-order chi connectivity index (χ0) is 13.7. The minimum absolute atomic E-state index is 0.408. The van der Waals surface area contributed by atoms with E-state index in [-0.39, 0.29) is 0 Å². The van der Waals surface area contributed by atoms with Crippen molar-refractivity contribution in [2.75, 3.05) is 19.0 Å². The van der Waals surface area contributed by atoms with Crippen LogP contribution in [0, 0.1) is 0 Å². The van der Waals surface area contributed by atoms with E-state index >= 15 is 0 Å². The predicted molar refractivity (Wildman–Crippen MR) is 82.0 cm³/mol. The fourth-order valence-electron chi connectivity index (χ4n) is 2.53. The molecule has 2 unspecified atom stereocenters. The zero-order valence-corrected chi connectivity index (χ0v) is 13.2. The molecule has 0 spiro atoms. The van der Waals surface area contributed by atoms with Crippen molar-refractivity contribution in [1.29, 1.82) is 0 Å². The minimum Gasteiger partial charge on any atom is -0.497 e. The van der Waals surface area contributed by atoms with Crippen molar-refractivity contribution in [3.05, 3.63) is 22.7 Å². The molecule has 1 N–H and O–H groups in total. The van der Waals surface area contributed by atoms with Gasteiger partial charge in [0.25, 0.3) is 0 Å². The van der Waals surface area contributed by atoms with Crippen LogP contribution in [0.2, 0.25) is 0 Å². The molecule has 0 bridgehead atoms. The first-order valence-electron chi connectivity index (χ1n) is 6.94. The van der Waals surface area contributed by atoms with Gasteiger partial charge >= 0.3 is 0 Å². The lowest BCUT2D eigenvalue weighted by atomic mass is 10.00. The van der Waals surface area contributed by atoms with Crippen LogP contribution < -0.4 is 10.1 Å². The van der Waals surface area contributed by atoms with Gasteiger partial charge in [0.1, 0.15) is 5.75 Å². The molecule has 0 saturated carbocycles. The third kappa shape index (κ3) is 4.39. The Kier molecular flexibility index (Phi) is 5.52. The van der Waals surface area contributed by atoms with Crippen LogP contribution in [0.1, 0.15) is 32.6 Å². The molecule has 1 aliphatic rings. The molecule has 19 heavy (non-hydrogen) atoms. The molecule has 1 saturated heterocycles. The summed E-state index contributed by atoms with van der Waals surface area (Å²) in [6, 6.07) is 6.58. The van der Waals surface area contributed by atoms with E-state index in [0.29, 0.717) is 12.1 Å². The molecule has 106 valence electrons. The van der Waals surface area contributed by atoms with Gasteiger partial charge in [0.15, 0.2) is 0 Å². The molecule has 0 aliphatic carbocycles. The number of hydrogen-bond acceptors (Lipinski definition) is 3. The largest absolute Gasteiger partial charge is 0.497 e. The van der Waals surface area contributed by atoms with Gasteiger partial charge in [0.2, 0.25) is 0 Å². The monoisotopic (exact) mass is 327 g/mol. The van der Waals surface area contributed by atoms with Crippen molar-refractivity contribution >= 4 is 21.6 Å². The number of methoxy groups -OCH3 is 1. The average Bonchev–Trinajstić information content (AvgIpc) is 2.39. The predicted octanol–water partition coefficient (Wildman–Crippen LogP) is 4.22. The van der Waals surface area contributed by atoms with Gasteiger partial charge in [-0.1, -0.05) is 29.3 Å². The van der Waals surface area contributed by atoms with Crippen LogP contribution >= 0.6 is 15.9 Å². The van der Waals surface area contributed by atoms with E-state index in [1.807, 2.05) is 12.1 Å². The second-order valence-corrected chi connectivity index (χ2v) is 5.94. The van der Waals surface area contributed by atoms with E-state index in [0.717, 1.165) is 41.8 Å². The summed E-state index contributed by atoms with van der Waals surface area (Å²) in [6.45, 7) is 3.06. The molecular weight excluding hydrogens is 306 g/mol. The summed E-state index contributed by atoms with van der Waals surface area (Å²) in [6.07, 6.45) is 4.89. The molecular formula is C15H22BrNO2. The number of anilines is 1. The first-order valence-corrected chi connectivity index (χ1v) is 7.73. The van der Waals surface area contributed by atoms with E-state index in [4.69, 9.17) is 9.47 Å². The first kappa shape index (κ1) is 14.7. The van der Waals surface area contributed by atoms with E-state index < -0.39 is 0 Å². The van der Waals surface area contributed by atoms with Crippen LogP contribution in [0.3, 0.4) is 0 Å². The van der Waals surface area contributed by atoms with Gasteiger partial charge < -0.3 is 14.8 Å². The Hall–Kier alpha value is -0.740. The number of benzene rings is 1. The number of rotatable bonds is 5. The van der Waals surface area contributed by atoms with Crippen molar-refractivity contribution in [2.45, 2.75) is 44.8 Å². The van der Waals surface area contributed by atoms with Gasteiger partial charge in [-0.05, 0) is 31.4 Å². The maximum Gasteiger partial charge on any atom is 0.122 e. The summed E-state index contributed by atoms with van der Waals surface area (Å²) < 4.78 is 12.1. The Morgan fingerprint density at radius 3 is 3.00 bits per heavy atom. The summed E-state index contributed by atoms with van der Waals surface area (Å²) in [5, 5.41) is 3.59. The zero-order valence-electron chi connectivity index (χ0n) is 11.6. The van der Waals surface area contributed by atoms with Crippen molar-refractivity contribution in [2.24, 2.45) is 0 Å². The molecule has 0 radical (unpaired) electrons. The standard InChI is InChI=1S/C15H22BrNO2/c1-3-4-14-9-12(5-6-19-14)17-13-7-11(16)8-15(10-13)18-2/h7-8,10,12,14,17H,3-6,9H2,1-2H3. The van der Waals surface area contributed by atoms with Gasteiger partial charge in [-0.3, -0.25) is 0 Å². The fraction of sp³-hybridized carbons (Fsp3) is 0.600. The molecule has 0 amide bonds. The van der Waals surface area contributed by atoms with Crippen LogP contribution in [-0.4, -0.2) is 25.9 Å². The Morgan fingerprint density at radius 2 is 2.26 bits per heavy atom. The van der Waals surface area contributed by atoms with Gasteiger partial charge in [0, 0.05) is 28.9 Å². The molecule has 1 heterocycles. The Balaban J connectivity index is 1.98. The molecule has 1 aliphatic heterocycles. The van der Waals surface area contributed by atoms with Crippen LogP contribution in [0.15, 0.2) is 22.7 Å². The quantitative estimate of drug-likeness (QED) is 0.878. The number of nitrogens with one attached hydrogen (secondary N) is 1. The summed E-state index contributed by atoms with van der Waals surface area (Å²) in [4.78, 5) is 0. The fourth-order valence-corrected chi connectivity index (χ4v) is 3.01. The Morgan fingerprint density at radius 1 is 1.42 bits per heavy atom. The van der Waals surface area contributed by atoms with Crippen LogP contribution in [0.5, 0.6) is 5.75 Å². The second kappa shape index (κ2) is 7.15. The maximum atomic E-state index is 5.78. The van der Waals surface area contributed by atoms with Crippen LogP contribution in [0.4, 0.5) is 5.69 Å². The molecule has 1 fully saturated rings. The Labute approximate surface area is 123 Å². The highest BCUT2D eigenvalue weighted by atomic mass is 79.9. The van der Waals surface area contributed by atoms with Crippen LogP contribution in [0.25, 0.3) is 0 Å². The van der Waals surface area contributed by atoms with Gasteiger partial charge in [-0.2, -0.15) is 0 Å². The number of ether oxygens (including phenoxy) is 2. The van der Waals surface area contributed by atoms with Gasteiger partial charge in [-0.25, -0.2) is 0 Å². The second-order valence-electron chi connectivity index (χ2n) is 5.03. The summed E-state index contributed by atoms with van der Waals surface area (Å²) in [7, 11) is 1.69. The Bertz CT molecular complexity index is 409. The van der Waals surface area contributed by atoms with E-state index in [9.17, 15) is 0 Å². The molecule has 0 aromatic heterocycles. The van der Waals surface area contributed by atoms with Crippen LogP contribution in [-0.2, 0) is 4.74 Å². The van der Waals surface area contributed by atoms with E-state index in [2.05, 4.69) is 34.2 Å². The smallest absolute Gasteiger partial charge is 0.122 e. The third-order valence-corrected chi connectivity index (χ3v) is 3.91. The van der Waals surface area contributed by atoms with Gasteiger partial charge in [0.05, 0.1) is 13.2 Å². The van der Waals surface area contributed by atoms with E-state index in [1.54, 1.807) is 7.11 Å². The average molecular weight is 328 g/mol. The summed E-state index contributed by atoms with van der Waals surface area (Å²) in [5.41, 5.74) is 1.10. The van der Waals surface area contributed by atoms with Crippen molar-refractivity contribution in [3.63, 3.8) is 0 Å². The number of halogens is 1. The minimum atomic E-state index is 0.408. The molecule has 3 nitrogen and oxygen atoms in total. The molecule has 2 rings (SSSR count). The van der Waals surface area contributed by atoms with E-state index in [1.165, 1.54) is 6.42 Å².